The van der Waals surface area contributed by atoms with E-state index >= 15 is 13.2 Å². The number of rotatable bonds is 17. The smallest absolute Gasteiger partial charge is 0.319 e. The fraction of sp³-hybridized carbons (Fsp3) is 0.460. The SMILES string of the molecule is C#Cc1c(F)ccc2cc(O)cc(-c3ncc4c(N5CC6CCC(C5)N6)nc(OCC5(CN6CCC(OCCC(=O)N[C@H](C(=O)N7C[C@H](O)C[C@H]7C(=O)N[C@@H](C)c7ccc(-c8c(F)cccc8F)cc7)C(C)(C)C)C(F)C6)CC5)nc4c3F)c12. The zero-order chi connectivity index (χ0) is 59.4. The molecule has 1 aliphatic carbocycles. The summed E-state index contributed by atoms with van der Waals surface area (Å²) in [7, 11) is 0. The van der Waals surface area contributed by atoms with Crippen molar-refractivity contribution in [3.8, 4) is 46.5 Å². The Balaban J connectivity index is 0.694. The number of nitrogens with one attached hydrogen (secondary N) is 3. The third kappa shape index (κ3) is 12.1. The van der Waals surface area contributed by atoms with Crippen LogP contribution in [0.1, 0.15) is 89.8 Å². The fourth-order valence-corrected chi connectivity index (χ4v) is 12.5. The van der Waals surface area contributed by atoms with Gasteiger partial charge in [0, 0.05) is 86.8 Å². The Morgan fingerprint density at radius 3 is 2.33 bits per heavy atom. The molecule has 0 spiro atoms. The highest BCUT2D eigenvalue weighted by atomic mass is 19.1. The van der Waals surface area contributed by atoms with Gasteiger partial charge in [-0.1, -0.05) is 63.1 Å². The van der Waals surface area contributed by atoms with Gasteiger partial charge < -0.3 is 45.4 Å². The number of aliphatic hydroxyl groups excluding tert-OH is 1. The van der Waals surface area contributed by atoms with Crippen LogP contribution in [0.2, 0.25) is 0 Å². The van der Waals surface area contributed by atoms with Crippen LogP contribution in [0, 0.1) is 46.4 Å². The van der Waals surface area contributed by atoms with Gasteiger partial charge in [-0.05, 0) is 91.3 Å². The Bertz CT molecular complexity index is 3530. The number of fused-ring (bicyclic) bond motifs is 4. The number of amides is 3. The number of aromatic hydroxyl groups is 1. The molecule has 2 aromatic heterocycles. The van der Waals surface area contributed by atoms with Crippen molar-refractivity contribution in [1.29, 1.82) is 0 Å². The van der Waals surface area contributed by atoms with Crippen LogP contribution >= 0.6 is 0 Å². The number of anilines is 1. The molecule has 1 saturated carbocycles. The number of benzene rings is 4. The van der Waals surface area contributed by atoms with Gasteiger partial charge in [-0.25, -0.2) is 22.0 Å². The average molecular weight is 1160 g/mol. The molecule has 6 heterocycles. The number of halogens is 5. The molecular weight excluding hydrogens is 1090 g/mol. The van der Waals surface area contributed by atoms with Crippen LogP contribution < -0.4 is 25.6 Å². The number of carbonyl (C=O) groups excluding carboxylic acids is 3. The Labute approximate surface area is 483 Å². The number of terminal acetylenes is 1. The number of ether oxygens (including phenoxy) is 2. The lowest BCUT2D eigenvalue weighted by molar-refractivity contribution is -0.144. The van der Waals surface area contributed by atoms with E-state index in [1.54, 1.807) is 52.0 Å². The quantitative estimate of drug-likeness (QED) is 0.0436. The molecule has 84 heavy (non-hydrogen) atoms. The summed E-state index contributed by atoms with van der Waals surface area (Å²) >= 11 is 0. The van der Waals surface area contributed by atoms with Crippen molar-refractivity contribution >= 4 is 45.2 Å². The van der Waals surface area contributed by atoms with Crippen LogP contribution in [0.3, 0.4) is 0 Å². The van der Waals surface area contributed by atoms with Crippen molar-refractivity contribution in [3.05, 3.63) is 107 Å². The van der Waals surface area contributed by atoms with E-state index in [0.29, 0.717) is 60.3 Å². The molecule has 2 bridgehead atoms. The number of β-amino-alcohol motifs (C(OH)–C–C–N with tert-alkyl or cyclic N) is 1. The predicted molar refractivity (Wildman–Crippen MR) is 305 cm³/mol. The average Bonchev–Trinajstić information content (AvgIpc) is 1.30. The van der Waals surface area contributed by atoms with E-state index in [1.165, 1.54) is 53.6 Å². The topological polar surface area (TPSA) is 195 Å². The van der Waals surface area contributed by atoms with Crippen molar-refractivity contribution in [3.63, 3.8) is 0 Å². The standard InChI is InChI=1S/C63H68F5N9O7/c1-6-42-45(64)17-14-37-24-40(78)25-43(52(37)42)55-54(68)56-44(27-69-55)58(76-28-38-15-16-39(29-76)71-38)74-61(73-56)84-33-63(20-21-63)32-75-22-18-50(48(67)31-75)83-23-19-51(80)72-57(62(3,4)5)60(82)77-30-41(79)26-49(77)59(81)70-34(2)35-10-12-36(13-11-35)53-46(65)8-7-9-47(53)66/h1,7-14,17,24-25,27,34,38-39,41,48-50,57,71,78-79H,15-16,18-23,26,28-33H2,2-5H3,(H,70,81)(H,72,80)/t34-,38?,39?,41+,48?,49-,50?,57+/m0/s1. The summed E-state index contributed by atoms with van der Waals surface area (Å²) in [5.41, 5.74) is -0.628. The molecular formula is C63H68F5N9O7. The van der Waals surface area contributed by atoms with Crippen LogP contribution in [0.5, 0.6) is 11.8 Å². The third-order valence-corrected chi connectivity index (χ3v) is 17.2. The fourth-order valence-electron chi connectivity index (χ4n) is 12.5. The van der Waals surface area contributed by atoms with E-state index < -0.39 is 82.9 Å². The van der Waals surface area contributed by atoms with Gasteiger partial charge in [0.05, 0.1) is 48.0 Å². The van der Waals surface area contributed by atoms with E-state index in [2.05, 4.69) is 36.7 Å². The molecule has 16 nitrogen and oxygen atoms in total. The Kier molecular flexibility index (Phi) is 16.3. The zero-order valence-electron chi connectivity index (χ0n) is 47.2. The first-order valence-corrected chi connectivity index (χ1v) is 28.7. The number of pyridine rings is 1. The van der Waals surface area contributed by atoms with Crippen molar-refractivity contribution in [1.82, 2.24) is 40.7 Å². The van der Waals surface area contributed by atoms with Gasteiger partial charge in [0.15, 0.2) is 5.82 Å². The van der Waals surface area contributed by atoms with Crippen LogP contribution in [-0.2, 0) is 19.1 Å². The number of hydrogen-bond acceptors (Lipinski definition) is 13. The highest BCUT2D eigenvalue weighted by Gasteiger charge is 2.48. The van der Waals surface area contributed by atoms with E-state index in [-0.39, 0.29) is 102 Å². The number of alkyl halides is 1. The number of carbonyl (C=O) groups is 3. The molecule has 5 N–H and O–H groups in total. The van der Waals surface area contributed by atoms with Gasteiger partial charge in [0.25, 0.3) is 0 Å². The summed E-state index contributed by atoms with van der Waals surface area (Å²) in [4.78, 5) is 61.0. The zero-order valence-corrected chi connectivity index (χ0v) is 47.2. The minimum absolute atomic E-state index is 0.0307. The first-order valence-electron chi connectivity index (χ1n) is 28.7. The predicted octanol–water partition coefficient (Wildman–Crippen LogP) is 8.04. The minimum atomic E-state index is -1.37. The first kappa shape index (κ1) is 58.3. The van der Waals surface area contributed by atoms with Gasteiger partial charge in [-0.15, -0.1) is 6.42 Å². The maximum Gasteiger partial charge on any atom is 0.319 e. The van der Waals surface area contributed by atoms with Crippen molar-refractivity contribution < 1.29 is 56.0 Å². The highest BCUT2D eigenvalue weighted by Crippen LogP contribution is 2.47. The number of phenols is 1. The number of aromatic nitrogens is 3. The van der Waals surface area contributed by atoms with Gasteiger partial charge in [-0.3, -0.25) is 24.3 Å². The van der Waals surface area contributed by atoms with E-state index in [1.807, 2.05) is 4.90 Å². The van der Waals surface area contributed by atoms with Crippen LogP contribution in [0.15, 0.2) is 72.9 Å². The summed E-state index contributed by atoms with van der Waals surface area (Å²) < 4.78 is 89.5. The summed E-state index contributed by atoms with van der Waals surface area (Å²) in [6, 6.07) is 13.1. The summed E-state index contributed by atoms with van der Waals surface area (Å²) in [6.45, 7) is 9.32. The van der Waals surface area contributed by atoms with E-state index in [9.17, 15) is 33.4 Å². The molecule has 4 unspecified atom stereocenters. The van der Waals surface area contributed by atoms with E-state index in [4.69, 9.17) is 20.9 Å². The van der Waals surface area contributed by atoms with Gasteiger partial charge >= 0.3 is 6.01 Å². The largest absolute Gasteiger partial charge is 0.508 e. The van der Waals surface area contributed by atoms with Gasteiger partial charge in [-0.2, -0.15) is 9.97 Å². The lowest BCUT2D eigenvalue weighted by Gasteiger charge is -2.37. The molecule has 5 aliphatic rings. The van der Waals surface area contributed by atoms with Crippen LogP contribution in [-0.4, -0.2) is 148 Å². The summed E-state index contributed by atoms with van der Waals surface area (Å²) in [5.74, 6) is -1.84. The number of nitrogens with zero attached hydrogens (tertiary/aromatic N) is 6. The van der Waals surface area contributed by atoms with Crippen LogP contribution in [0.4, 0.5) is 27.8 Å². The maximum absolute atomic E-state index is 17.2. The second kappa shape index (κ2) is 23.5. The summed E-state index contributed by atoms with van der Waals surface area (Å²) in [5, 5.41) is 31.8. The number of likely N-dealkylation sites (tertiary alicyclic amines) is 2. The van der Waals surface area contributed by atoms with Gasteiger partial charge in [0.2, 0.25) is 17.7 Å². The molecule has 6 aromatic rings. The lowest BCUT2D eigenvalue weighted by atomic mass is 9.85. The minimum Gasteiger partial charge on any atom is -0.508 e. The molecule has 4 aromatic carbocycles. The molecule has 21 heteroatoms. The lowest BCUT2D eigenvalue weighted by Crippen LogP contribution is -2.58. The van der Waals surface area contributed by atoms with Crippen molar-refractivity contribution in [2.75, 3.05) is 57.4 Å². The molecule has 4 saturated heterocycles. The highest BCUT2D eigenvalue weighted by molar-refractivity contribution is 6.03. The normalized spacial score (nSPS) is 22.9. The second-order valence-corrected chi connectivity index (χ2v) is 24.4. The van der Waals surface area contributed by atoms with Crippen molar-refractivity contribution in [2.24, 2.45) is 10.8 Å². The van der Waals surface area contributed by atoms with Gasteiger partial charge in [0.1, 0.15) is 58.5 Å². The molecule has 4 aliphatic heterocycles. The summed E-state index contributed by atoms with van der Waals surface area (Å²) in [6.07, 6.45) is 7.80. The Hall–Kier alpha value is -7.51. The first-order chi connectivity index (χ1) is 40.1. The van der Waals surface area contributed by atoms with Crippen LogP contribution in [0.25, 0.3) is 44.1 Å². The number of piperazine rings is 1. The van der Waals surface area contributed by atoms with E-state index in [0.717, 1.165) is 25.7 Å². The number of hydrogen-bond donors (Lipinski definition) is 5. The Morgan fingerprint density at radius 1 is 0.929 bits per heavy atom. The molecule has 5 fully saturated rings. The number of phenolic OH excluding ortho intramolecular Hbond substituents is 1. The molecule has 3 amide bonds. The molecule has 442 valence electrons. The molecule has 11 rings (SSSR count). The molecule has 8 atom stereocenters. The maximum atomic E-state index is 17.2. The number of piperidine rings is 1. The monoisotopic (exact) mass is 1160 g/mol. The molecule has 0 radical (unpaired) electrons. The van der Waals surface area contributed by atoms with Crippen molar-refractivity contribution in [2.45, 2.75) is 121 Å². The Morgan fingerprint density at radius 2 is 1.65 bits per heavy atom. The third-order valence-electron chi connectivity index (χ3n) is 17.2. The number of aliphatic hydroxyl groups is 1. The second-order valence-electron chi connectivity index (χ2n) is 24.4.